The van der Waals surface area contributed by atoms with Crippen LogP contribution in [0.3, 0.4) is 0 Å². The monoisotopic (exact) mass is 298 g/mol. The molecule has 2 aromatic carbocycles. The van der Waals surface area contributed by atoms with Crippen molar-refractivity contribution in [3.05, 3.63) is 65.2 Å². The first-order valence-corrected chi connectivity index (χ1v) is 6.67. The highest BCUT2D eigenvalue weighted by molar-refractivity contribution is 6.33. The van der Waals surface area contributed by atoms with Gasteiger partial charge in [0, 0.05) is 5.56 Å². The zero-order chi connectivity index (χ0) is 14.8. The van der Waals surface area contributed by atoms with Crippen molar-refractivity contribution in [2.24, 2.45) is 0 Å². The molecule has 0 bridgehead atoms. The number of hydrogen-bond donors (Lipinski definition) is 1. The summed E-state index contributed by atoms with van der Waals surface area (Å²) < 4.78 is 1.32. The zero-order valence-electron chi connectivity index (χ0n) is 10.9. The molecule has 21 heavy (non-hydrogen) atoms. The van der Waals surface area contributed by atoms with Gasteiger partial charge in [0.05, 0.1) is 10.7 Å². The molecule has 1 N–H and O–H groups in total. The summed E-state index contributed by atoms with van der Waals surface area (Å²) in [5, 5.41) is 15.0. The highest BCUT2D eigenvalue weighted by Gasteiger charge is 2.20. The van der Waals surface area contributed by atoms with E-state index < -0.39 is 0 Å². The summed E-state index contributed by atoms with van der Waals surface area (Å²) in [6.07, 6.45) is 0.584. The molecule has 4 nitrogen and oxygen atoms in total. The van der Waals surface area contributed by atoms with Gasteiger partial charge in [-0.05, 0) is 18.2 Å². The van der Waals surface area contributed by atoms with Crippen LogP contribution in [-0.2, 0) is 0 Å². The van der Waals surface area contributed by atoms with Crippen LogP contribution in [0.1, 0.15) is 10.4 Å². The topological polar surface area (TPSA) is 55.1 Å². The van der Waals surface area contributed by atoms with Crippen molar-refractivity contribution in [1.82, 2.24) is 9.78 Å². The Kier molecular flexibility index (Phi) is 3.46. The number of carbonyl (C=O) groups is 1. The Balaban J connectivity index is 2.24. The molecule has 3 aromatic rings. The normalized spacial score (nSPS) is 10.5. The predicted molar refractivity (Wildman–Crippen MR) is 81.1 cm³/mol. The van der Waals surface area contributed by atoms with Crippen molar-refractivity contribution in [2.75, 3.05) is 0 Å². The first-order valence-electron chi connectivity index (χ1n) is 6.30. The molecule has 0 aliphatic heterocycles. The van der Waals surface area contributed by atoms with Gasteiger partial charge >= 0.3 is 0 Å². The molecule has 0 saturated heterocycles. The molecular formula is C16H11ClN2O2. The quantitative estimate of drug-likeness (QED) is 0.750. The van der Waals surface area contributed by atoms with Crippen LogP contribution in [-0.4, -0.2) is 21.2 Å². The lowest BCUT2D eigenvalue weighted by atomic mass is 10.1. The van der Waals surface area contributed by atoms with Gasteiger partial charge in [0.1, 0.15) is 11.3 Å². The number of aromatic nitrogens is 2. The van der Waals surface area contributed by atoms with Gasteiger partial charge in [0.25, 0.3) is 0 Å². The largest absolute Gasteiger partial charge is 0.493 e. The van der Waals surface area contributed by atoms with E-state index in [0.29, 0.717) is 28.3 Å². The van der Waals surface area contributed by atoms with E-state index in [9.17, 15) is 9.90 Å². The molecule has 5 heteroatoms. The van der Waals surface area contributed by atoms with Crippen molar-refractivity contribution in [1.29, 1.82) is 0 Å². The number of nitrogens with zero attached hydrogens (tertiary/aromatic N) is 2. The van der Waals surface area contributed by atoms with Crippen LogP contribution in [0.15, 0.2) is 54.6 Å². The van der Waals surface area contributed by atoms with E-state index in [2.05, 4.69) is 5.10 Å². The van der Waals surface area contributed by atoms with Crippen LogP contribution in [0, 0.1) is 0 Å². The van der Waals surface area contributed by atoms with E-state index in [1.165, 1.54) is 4.68 Å². The maximum absolute atomic E-state index is 11.3. The van der Waals surface area contributed by atoms with Crippen LogP contribution in [0.25, 0.3) is 16.9 Å². The predicted octanol–water partition coefficient (Wildman–Crippen LogP) is 3.71. The summed E-state index contributed by atoms with van der Waals surface area (Å²) in [5.74, 6) is -0.203. The van der Waals surface area contributed by atoms with E-state index in [0.717, 1.165) is 0 Å². The van der Waals surface area contributed by atoms with E-state index in [4.69, 9.17) is 11.6 Å². The maximum atomic E-state index is 11.3. The molecule has 0 aliphatic carbocycles. The summed E-state index contributed by atoms with van der Waals surface area (Å²) in [6.45, 7) is 0. The van der Waals surface area contributed by atoms with Crippen LogP contribution in [0.5, 0.6) is 5.88 Å². The van der Waals surface area contributed by atoms with Crippen molar-refractivity contribution >= 4 is 17.9 Å². The van der Waals surface area contributed by atoms with Crippen molar-refractivity contribution in [3.63, 3.8) is 0 Å². The molecule has 0 fully saturated rings. The number of aromatic hydroxyl groups is 1. The van der Waals surface area contributed by atoms with E-state index in [1.54, 1.807) is 36.4 Å². The van der Waals surface area contributed by atoms with Gasteiger partial charge in [-0.2, -0.15) is 9.78 Å². The Morgan fingerprint density at radius 2 is 1.71 bits per heavy atom. The number of carbonyl (C=O) groups excluding carboxylic acids is 1. The number of hydrogen-bond acceptors (Lipinski definition) is 3. The second kappa shape index (κ2) is 5.42. The standard InChI is InChI=1S/C16H11ClN2O2/c17-14-9-5-4-8-12(14)15-13(10-20)16(21)19(18-15)11-6-2-1-3-7-11/h1-10,21H. The number of aldehydes is 1. The minimum Gasteiger partial charge on any atom is -0.493 e. The molecule has 0 unspecified atom stereocenters. The molecule has 0 atom stereocenters. The molecule has 3 rings (SSSR count). The molecule has 0 radical (unpaired) electrons. The van der Waals surface area contributed by atoms with E-state index >= 15 is 0 Å². The fourth-order valence-corrected chi connectivity index (χ4v) is 2.36. The Hall–Kier alpha value is -2.59. The highest BCUT2D eigenvalue weighted by atomic mass is 35.5. The van der Waals surface area contributed by atoms with Gasteiger partial charge in [-0.15, -0.1) is 0 Å². The zero-order valence-corrected chi connectivity index (χ0v) is 11.7. The molecule has 104 valence electrons. The fourth-order valence-electron chi connectivity index (χ4n) is 2.13. The molecule has 1 aromatic heterocycles. The Bertz CT molecular complexity index is 797. The molecule has 0 amide bonds. The van der Waals surface area contributed by atoms with Crippen molar-refractivity contribution < 1.29 is 9.90 Å². The molecule has 1 heterocycles. The van der Waals surface area contributed by atoms with Gasteiger partial charge in [-0.1, -0.05) is 48.0 Å². The van der Waals surface area contributed by atoms with Crippen molar-refractivity contribution in [2.45, 2.75) is 0 Å². The first kappa shape index (κ1) is 13.4. The van der Waals surface area contributed by atoms with Gasteiger partial charge in [0.2, 0.25) is 5.88 Å². The number of para-hydroxylation sites is 1. The third-order valence-electron chi connectivity index (χ3n) is 3.14. The van der Waals surface area contributed by atoms with Gasteiger partial charge < -0.3 is 5.11 Å². The molecule has 0 saturated carbocycles. The van der Waals surface area contributed by atoms with Crippen molar-refractivity contribution in [3.8, 4) is 22.8 Å². The highest BCUT2D eigenvalue weighted by Crippen LogP contribution is 2.34. The lowest BCUT2D eigenvalue weighted by Gasteiger charge is -2.02. The van der Waals surface area contributed by atoms with Crippen LogP contribution in [0.2, 0.25) is 5.02 Å². The fraction of sp³-hybridized carbons (Fsp3) is 0. The Labute approximate surface area is 126 Å². The third kappa shape index (κ3) is 2.30. The summed E-state index contributed by atoms with van der Waals surface area (Å²) in [6, 6.07) is 16.2. The first-order chi connectivity index (χ1) is 10.2. The lowest BCUT2D eigenvalue weighted by molar-refractivity contribution is 0.112. The Morgan fingerprint density at radius 3 is 2.38 bits per heavy atom. The molecular weight excluding hydrogens is 288 g/mol. The van der Waals surface area contributed by atoms with E-state index in [1.807, 2.05) is 18.2 Å². The van der Waals surface area contributed by atoms with Gasteiger partial charge in [-0.3, -0.25) is 4.79 Å². The molecule has 0 spiro atoms. The van der Waals surface area contributed by atoms with Crippen LogP contribution < -0.4 is 0 Å². The number of rotatable bonds is 3. The Morgan fingerprint density at radius 1 is 1.05 bits per heavy atom. The minimum absolute atomic E-state index is 0.118. The lowest BCUT2D eigenvalue weighted by Crippen LogP contribution is -1.95. The average molecular weight is 299 g/mol. The van der Waals surface area contributed by atoms with Crippen LogP contribution in [0.4, 0.5) is 0 Å². The second-order valence-electron chi connectivity index (χ2n) is 4.43. The number of halogens is 1. The van der Waals surface area contributed by atoms with Gasteiger partial charge in [0.15, 0.2) is 6.29 Å². The summed E-state index contributed by atoms with van der Waals surface area (Å²) in [7, 11) is 0. The van der Waals surface area contributed by atoms with E-state index in [-0.39, 0.29) is 11.4 Å². The second-order valence-corrected chi connectivity index (χ2v) is 4.84. The third-order valence-corrected chi connectivity index (χ3v) is 3.47. The molecule has 0 aliphatic rings. The number of benzene rings is 2. The smallest absolute Gasteiger partial charge is 0.225 e. The summed E-state index contributed by atoms with van der Waals surface area (Å²) >= 11 is 6.15. The minimum atomic E-state index is -0.203. The SMILES string of the molecule is O=Cc1c(-c2ccccc2Cl)nn(-c2ccccc2)c1O. The van der Waals surface area contributed by atoms with Gasteiger partial charge in [-0.25, -0.2) is 0 Å². The summed E-state index contributed by atoms with van der Waals surface area (Å²) in [4.78, 5) is 11.3. The van der Waals surface area contributed by atoms with Crippen LogP contribution >= 0.6 is 11.6 Å². The maximum Gasteiger partial charge on any atom is 0.225 e. The summed E-state index contributed by atoms with van der Waals surface area (Å²) in [5.41, 5.74) is 1.74. The average Bonchev–Trinajstić information content (AvgIpc) is 2.85.